The molecule has 1 fully saturated rings. The number of nitrogens with zero attached hydrogens (tertiary/aromatic N) is 6. The number of ether oxygens (including phenoxy) is 2. The van der Waals surface area contributed by atoms with Crippen LogP contribution in [0.2, 0.25) is 0 Å². The van der Waals surface area contributed by atoms with Gasteiger partial charge in [0.2, 0.25) is 11.8 Å². The number of pyridine rings is 1. The molecule has 4 heterocycles. The van der Waals surface area contributed by atoms with Crippen molar-refractivity contribution in [1.82, 2.24) is 29.4 Å². The standard InChI is InChI=1S/C18H20N6O4/c1-10-6-11(7-19-16(10)27-3)14-22-13-15(23(14)2)20-9-21-17(13)28-12-4-5-24(8-12)18(25)26/h6-7,9,12H,4-5,8H2,1-3H3,(H,25,26)/t12-/m0/s1. The van der Waals surface area contributed by atoms with Crippen LogP contribution in [0.4, 0.5) is 4.79 Å². The van der Waals surface area contributed by atoms with Gasteiger partial charge in [-0.05, 0) is 13.0 Å². The van der Waals surface area contributed by atoms with Crippen molar-refractivity contribution in [3.05, 3.63) is 24.2 Å². The Morgan fingerprint density at radius 1 is 1.29 bits per heavy atom. The number of likely N-dealkylation sites (tertiary alicyclic amines) is 1. The molecule has 1 N–H and O–H groups in total. The molecule has 0 aromatic carbocycles. The fraction of sp³-hybridized carbons (Fsp3) is 0.389. The van der Waals surface area contributed by atoms with Gasteiger partial charge < -0.3 is 24.0 Å². The fourth-order valence-corrected chi connectivity index (χ4v) is 3.38. The Balaban J connectivity index is 1.68. The number of aryl methyl sites for hydroxylation is 2. The molecule has 3 aromatic rings. The molecule has 1 amide bonds. The molecule has 1 aliphatic heterocycles. The first kappa shape index (κ1) is 18.0. The molecule has 0 aliphatic carbocycles. The van der Waals surface area contributed by atoms with Crippen LogP contribution in [0.25, 0.3) is 22.6 Å². The van der Waals surface area contributed by atoms with Gasteiger partial charge in [-0.1, -0.05) is 0 Å². The molecule has 146 valence electrons. The van der Waals surface area contributed by atoms with Crippen LogP contribution in [0.5, 0.6) is 11.8 Å². The van der Waals surface area contributed by atoms with Crippen molar-refractivity contribution in [2.24, 2.45) is 7.05 Å². The molecule has 0 unspecified atom stereocenters. The lowest BCUT2D eigenvalue weighted by molar-refractivity contribution is 0.145. The number of carboxylic acid groups (broad SMARTS) is 1. The minimum Gasteiger partial charge on any atom is -0.481 e. The van der Waals surface area contributed by atoms with E-state index in [-0.39, 0.29) is 6.10 Å². The Hall–Kier alpha value is -3.43. The van der Waals surface area contributed by atoms with Crippen LogP contribution < -0.4 is 9.47 Å². The van der Waals surface area contributed by atoms with Gasteiger partial charge in [0.1, 0.15) is 18.3 Å². The van der Waals surface area contributed by atoms with Gasteiger partial charge in [0.25, 0.3) is 0 Å². The normalized spacial score (nSPS) is 16.5. The van der Waals surface area contributed by atoms with Crippen molar-refractivity contribution < 1.29 is 19.4 Å². The summed E-state index contributed by atoms with van der Waals surface area (Å²) in [5, 5.41) is 9.11. The maximum atomic E-state index is 11.1. The Morgan fingerprint density at radius 3 is 2.79 bits per heavy atom. The maximum Gasteiger partial charge on any atom is 0.407 e. The predicted octanol–water partition coefficient (Wildman–Crippen LogP) is 1.87. The van der Waals surface area contributed by atoms with Crippen LogP contribution in [-0.2, 0) is 7.05 Å². The third-order valence-corrected chi connectivity index (χ3v) is 4.80. The third kappa shape index (κ3) is 3.06. The highest BCUT2D eigenvalue weighted by molar-refractivity contribution is 5.81. The van der Waals surface area contributed by atoms with Crippen molar-refractivity contribution >= 4 is 17.3 Å². The Morgan fingerprint density at radius 2 is 2.11 bits per heavy atom. The third-order valence-electron chi connectivity index (χ3n) is 4.80. The van der Waals surface area contributed by atoms with E-state index in [1.165, 1.54) is 11.2 Å². The topological polar surface area (TPSA) is 115 Å². The predicted molar refractivity (Wildman–Crippen MR) is 99.5 cm³/mol. The van der Waals surface area contributed by atoms with E-state index < -0.39 is 6.09 Å². The molecule has 10 heteroatoms. The highest BCUT2D eigenvalue weighted by Gasteiger charge is 2.28. The minimum absolute atomic E-state index is 0.260. The zero-order valence-electron chi connectivity index (χ0n) is 15.8. The number of carbonyl (C=O) groups is 1. The number of fused-ring (bicyclic) bond motifs is 1. The summed E-state index contributed by atoms with van der Waals surface area (Å²) in [5.41, 5.74) is 2.88. The number of hydrogen-bond donors (Lipinski definition) is 1. The second kappa shape index (κ2) is 6.95. The largest absolute Gasteiger partial charge is 0.481 e. The van der Waals surface area contributed by atoms with Crippen molar-refractivity contribution in [3.8, 4) is 23.1 Å². The maximum absolute atomic E-state index is 11.1. The Labute approximate surface area is 160 Å². The monoisotopic (exact) mass is 384 g/mol. The average molecular weight is 384 g/mol. The van der Waals surface area contributed by atoms with Gasteiger partial charge in [0.15, 0.2) is 11.2 Å². The molecule has 3 aromatic heterocycles. The minimum atomic E-state index is -0.943. The summed E-state index contributed by atoms with van der Waals surface area (Å²) in [6.07, 6.45) is 2.53. The molecule has 1 aliphatic rings. The van der Waals surface area contributed by atoms with Gasteiger partial charge in [-0.15, -0.1) is 0 Å². The van der Waals surface area contributed by atoms with E-state index in [0.717, 1.165) is 11.1 Å². The summed E-state index contributed by atoms with van der Waals surface area (Å²) < 4.78 is 13.0. The summed E-state index contributed by atoms with van der Waals surface area (Å²) in [6.45, 7) is 2.67. The number of aromatic nitrogens is 5. The van der Waals surface area contributed by atoms with Gasteiger partial charge >= 0.3 is 6.09 Å². The zero-order valence-corrected chi connectivity index (χ0v) is 15.8. The van der Waals surface area contributed by atoms with E-state index in [1.54, 1.807) is 13.3 Å². The highest BCUT2D eigenvalue weighted by Crippen LogP contribution is 2.29. The van der Waals surface area contributed by atoms with E-state index >= 15 is 0 Å². The van der Waals surface area contributed by atoms with E-state index in [0.29, 0.717) is 48.3 Å². The van der Waals surface area contributed by atoms with E-state index in [4.69, 9.17) is 14.6 Å². The van der Waals surface area contributed by atoms with Gasteiger partial charge in [0, 0.05) is 37.3 Å². The Bertz CT molecular complexity index is 1050. The number of amides is 1. The van der Waals surface area contributed by atoms with E-state index in [1.807, 2.05) is 24.6 Å². The summed E-state index contributed by atoms with van der Waals surface area (Å²) in [4.78, 5) is 30.0. The molecule has 1 saturated heterocycles. The van der Waals surface area contributed by atoms with Gasteiger partial charge in [-0.3, -0.25) is 0 Å². The van der Waals surface area contributed by atoms with Crippen molar-refractivity contribution in [1.29, 1.82) is 0 Å². The Kier molecular flexibility index (Phi) is 4.46. The van der Waals surface area contributed by atoms with Crippen LogP contribution in [0.1, 0.15) is 12.0 Å². The smallest absolute Gasteiger partial charge is 0.407 e. The van der Waals surface area contributed by atoms with Crippen LogP contribution in [0.15, 0.2) is 18.6 Å². The second-order valence-corrected chi connectivity index (χ2v) is 6.65. The number of methoxy groups -OCH3 is 1. The van der Waals surface area contributed by atoms with Crippen molar-refractivity contribution in [2.45, 2.75) is 19.4 Å². The quantitative estimate of drug-likeness (QED) is 0.725. The SMILES string of the molecule is COc1ncc(-c2nc3c(O[C@H]4CCN(C(=O)O)C4)ncnc3n2C)cc1C. The van der Waals surface area contributed by atoms with Crippen LogP contribution in [0, 0.1) is 6.92 Å². The molecule has 0 radical (unpaired) electrons. The van der Waals surface area contributed by atoms with E-state index in [9.17, 15) is 4.79 Å². The lowest BCUT2D eigenvalue weighted by atomic mass is 10.2. The lowest BCUT2D eigenvalue weighted by Crippen LogP contribution is -2.29. The summed E-state index contributed by atoms with van der Waals surface area (Å²) >= 11 is 0. The summed E-state index contributed by atoms with van der Waals surface area (Å²) in [6, 6.07) is 1.95. The summed E-state index contributed by atoms with van der Waals surface area (Å²) in [5.74, 6) is 1.59. The second-order valence-electron chi connectivity index (χ2n) is 6.65. The lowest BCUT2D eigenvalue weighted by Gasteiger charge is -2.13. The number of hydrogen-bond acceptors (Lipinski definition) is 7. The first-order valence-corrected chi connectivity index (χ1v) is 8.81. The fourth-order valence-electron chi connectivity index (χ4n) is 3.38. The average Bonchev–Trinajstić information content (AvgIpc) is 3.28. The van der Waals surface area contributed by atoms with E-state index in [2.05, 4.69) is 19.9 Å². The van der Waals surface area contributed by atoms with Crippen molar-refractivity contribution in [2.75, 3.05) is 20.2 Å². The number of imidazole rings is 1. The molecular weight excluding hydrogens is 364 g/mol. The number of rotatable bonds is 4. The molecule has 0 bridgehead atoms. The van der Waals surface area contributed by atoms with Crippen LogP contribution in [-0.4, -0.2) is 66.9 Å². The van der Waals surface area contributed by atoms with Crippen LogP contribution in [0.3, 0.4) is 0 Å². The molecule has 28 heavy (non-hydrogen) atoms. The molecule has 0 saturated carbocycles. The molecule has 4 rings (SSSR count). The van der Waals surface area contributed by atoms with Crippen LogP contribution >= 0.6 is 0 Å². The first-order valence-electron chi connectivity index (χ1n) is 8.81. The molecule has 0 spiro atoms. The van der Waals surface area contributed by atoms with Crippen molar-refractivity contribution in [3.63, 3.8) is 0 Å². The zero-order chi connectivity index (χ0) is 19.8. The summed E-state index contributed by atoms with van der Waals surface area (Å²) in [7, 11) is 3.44. The highest BCUT2D eigenvalue weighted by atomic mass is 16.5. The molecular formula is C18H20N6O4. The molecule has 10 nitrogen and oxygen atoms in total. The van der Waals surface area contributed by atoms with Gasteiger partial charge in [0.05, 0.1) is 13.7 Å². The first-order chi connectivity index (χ1) is 13.5. The van der Waals surface area contributed by atoms with Gasteiger partial charge in [-0.25, -0.2) is 19.7 Å². The van der Waals surface area contributed by atoms with Gasteiger partial charge in [-0.2, -0.15) is 4.98 Å². The molecule has 1 atom stereocenters.